The van der Waals surface area contributed by atoms with Gasteiger partial charge >= 0.3 is 0 Å². The van der Waals surface area contributed by atoms with Gasteiger partial charge in [-0.25, -0.2) is 0 Å². The third kappa shape index (κ3) is 4.62. The van der Waals surface area contributed by atoms with Crippen LogP contribution in [0, 0.1) is 5.92 Å². The molecule has 1 saturated heterocycles. The van der Waals surface area contributed by atoms with Crippen LogP contribution < -0.4 is 11.1 Å². The first kappa shape index (κ1) is 15.0. The summed E-state index contributed by atoms with van der Waals surface area (Å²) in [5, 5.41) is 3.48. The predicted octanol–water partition coefficient (Wildman–Crippen LogP) is 1.36. The zero-order valence-electron chi connectivity index (χ0n) is 12.2. The fourth-order valence-corrected chi connectivity index (χ4v) is 2.65. The first-order valence-electron chi connectivity index (χ1n) is 7.44. The highest BCUT2D eigenvalue weighted by Crippen LogP contribution is 2.13. The van der Waals surface area contributed by atoms with E-state index >= 15 is 0 Å². The molecule has 1 aliphatic heterocycles. The third-order valence-electron chi connectivity index (χ3n) is 3.95. The van der Waals surface area contributed by atoms with Gasteiger partial charge in [-0.3, -0.25) is 9.69 Å². The first-order chi connectivity index (χ1) is 9.65. The lowest BCUT2D eigenvalue weighted by atomic mass is 10.0. The lowest BCUT2D eigenvalue weighted by molar-refractivity contribution is -0.121. The zero-order valence-corrected chi connectivity index (χ0v) is 12.2. The third-order valence-corrected chi connectivity index (χ3v) is 3.95. The summed E-state index contributed by atoms with van der Waals surface area (Å²) in [6, 6.07) is 11.0. The molecule has 3 N–H and O–H groups in total. The number of primary amides is 1. The molecule has 0 spiro atoms. The Kier molecular flexibility index (Phi) is 5.56. The van der Waals surface area contributed by atoms with Crippen LogP contribution in [0.4, 0.5) is 0 Å². The highest BCUT2D eigenvalue weighted by atomic mass is 16.1. The fraction of sp³-hybridized carbons (Fsp3) is 0.562. The number of likely N-dealkylation sites (tertiary alicyclic amines) is 1. The molecule has 0 aromatic heterocycles. The van der Waals surface area contributed by atoms with E-state index in [2.05, 4.69) is 40.5 Å². The van der Waals surface area contributed by atoms with Crippen LogP contribution in [0.2, 0.25) is 0 Å². The molecule has 1 fully saturated rings. The molecule has 2 unspecified atom stereocenters. The summed E-state index contributed by atoms with van der Waals surface area (Å²) < 4.78 is 0. The number of rotatable bonds is 6. The summed E-state index contributed by atoms with van der Waals surface area (Å²) in [7, 11) is 0. The summed E-state index contributed by atoms with van der Waals surface area (Å²) in [6.07, 6.45) is 2.38. The maximum Gasteiger partial charge on any atom is 0.221 e. The van der Waals surface area contributed by atoms with Crippen LogP contribution in [0.3, 0.4) is 0 Å². The molecule has 0 aliphatic carbocycles. The van der Waals surface area contributed by atoms with Gasteiger partial charge in [0.25, 0.3) is 0 Å². The number of benzene rings is 1. The Balaban J connectivity index is 1.78. The number of nitrogens with two attached hydrogens (primary N) is 1. The van der Waals surface area contributed by atoms with Crippen LogP contribution in [0.5, 0.6) is 0 Å². The number of piperidine rings is 1. The summed E-state index contributed by atoms with van der Waals surface area (Å²) in [5.74, 6) is -0.325. The lowest BCUT2D eigenvalue weighted by Gasteiger charge is -2.33. The lowest BCUT2D eigenvalue weighted by Crippen LogP contribution is -2.47. The molecule has 0 saturated carbocycles. The van der Waals surface area contributed by atoms with E-state index in [9.17, 15) is 4.79 Å². The van der Waals surface area contributed by atoms with Crippen molar-refractivity contribution < 1.29 is 4.79 Å². The molecule has 20 heavy (non-hydrogen) atoms. The molecule has 4 nitrogen and oxygen atoms in total. The van der Waals surface area contributed by atoms with E-state index in [4.69, 9.17) is 5.73 Å². The summed E-state index contributed by atoms with van der Waals surface area (Å²) in [5.41, 5.74) is 6.65. The van der Waals surface area contributed by atoms with Crippen molar-refractivity contribution in [2.75, 3.05) is 19.6 Å². The van der Waals surface area contributed by atoms with Gasteiger partial charge in [0.1, 0.15) is 0 Å². The Morgan fingerprint density at radius 1 is 1.45 bits per heavy atom. The molecule has 4 heteroatoms. The quantitative estimate of drug-likeness (QED) is 0.824. The summed E-state index contributed by atoms with van der Waals surface area (Å²) >= 11 is 0. The Morgan fingerprint density at radius 3 is 2.90 bits per heavy atom. The minimum absolute atomic E-state index is 0.0977. The van der Waals surface area contributed by atoms with E-state index in [1.54, 1.807) is 0 Å². The van der Waals surface area contributed by atoms with Gasteiger partial charge < -0.3 is 11.1 Å². The van der Waals surface area contributed by atoms with Crippen LogP contribution in [-0.4, -0.2) is 36.5 Å². The van der Waals surface area contributed by atoms with Gasteiger partial charge in [-0.1, -0.05) is 37.3 Å². The average molecular weight is 275 g/mol. The summed E-state index contributed by atoms with van der Waals surface area (Å²) in [4.78, 5) is 13.5. The molecule has 1 aliphatic rings. The maximum absolute atomic E-state index is 11.0. The van der Waals surface area contributed by atoms with Gasteiger partial charge in [0.15, 0.2) is 0 Å². The van der Waals surface area contributed by atoms with E-state index < -0.39 is 0 Å². The number of hydrogen-bond donors (Lipinski definition) is 2. The Bertz CT molecular complexity index is 421. The molecule has 1 aromatic rings. The van der Waals surface area contributed by atoms with E-state index in [0.29, 0.717) is 12.6 Å². The smallest absolute Gasteiger partial charge is 0.221 e. The number of nitrogens with one attached hydrogen (secondary N) is 1. The zero-order chi connectivity index (χ0) is 14.4. The highest BCUT2D eigenvalue weighted by Gasteiger charge is 2.20. The molecule has 1 heterocycles. The van der Waals surface area contributed by atoms with Crippen molar-refractivity contribution in [3.05, 3.63) is 35.9 Å². The second-order valence-electron chi connectivity index (χ2n) is 5.77. The molecule has 0 radical (unpaired) electrons. The first-order valence-corrected chi connectivity index (χ1v) is 7.44. The summed E-state index contributed by atoms with van der Waals surface area (Å²) in [6.45, 7) is 5.75. The molecular formula is C16H25N3O. The Labute approximate surface area is 121 Å². The number of carbonyl (C=O) groups is 1. The van der Waals surface area contributed by atoms with E-state index in [0.717, 1.165) is 19.6 Å². The number of amides is 1. The van der Waals surface area contributed by atoms with Gasteiger partial charge in [-0.15, -0.1) is 0 Å². The monoisotopic (exact) mass is 275 g/mol. The molecule has 110 valence electrons. The van der Waals surface area contributed by atoms with Crippen molar-refractivity contribution in [3.63, 3.8) is 0 Å². The predicted molar refractivity (Wildman–Crippen MR) is 81.1 cm³/mol. The molecular weight excluding hydrogens is 250 g/mol. The number of carbonyl (C=O) groups excluding carboxylic acids is 1. The molecule has 1 amide bonds. The number of hydrogen-bond acceptors (Lipinski definition) is 3. The fourth-order valence-electron chi connectivity index (χ4n) is 2.65. The van der Waals surface area contributed by atoms with Crippen molar-refractivity contribution in [2.24, 2.45) is 11.7 Å². The van der Waals surface area contributed by atoms with Gasteiger partial charge in [0.05, 0.1) is 0 Å². The van der Waals surface area contributed by atoms with Gasteiger partial charge in [0.2, 0.25) is 5.91 Å². The van der Waals surface area contributed by atoms with Crippen LogP contribution in [0.25, 0.3) is 0 Å². The van der Waals surface area contributed by atoms with Gasteiger partial charge in [0, 0.05) is 31.6 Å². The van der Waals surface area contributed by atoms with Crippen molar-refractivity contribution in [3.8, 4) is 0 Å². The maximum atomic E-state index is 11.0. The second kappa shape index (κ2) is 7.41. The average Bonchev–Trinajstić information content (AvgIpc) is 2.46. The van der Waals surface area contributed by atoms with Crippen molar-refractivity contribution in [1.29, 1.82) is 0 Å². The van der Waals surface area contributed by atoms with Crippen molar-refractivity contribution in [2.45, 2.75) is 32.4 Å². The standard InChI is InChI=1S/C16H25N3O/c1-13(16(17)20)10-18-15-8-5-9-19(12-15)11-14-6-3-2-4-7-14/h2-4,6-7,13,15,18H,5,8-12H2,1H3,(H2,17,20). The SMILES string of the molecule is CC(CNC1CCCN(Cc2ccccc2)C1)C(N)=O. The van der Waals surface area contributed by atoms with E-state index in [-0.39, 0.29) is 11.8 Å². The van der Waals surface area contributed by atoms with Crippen LogP contribution in [0.15, 0.2) is 30.3 Å². The highest BCUT2D eigenvalue weighted by molar-refractivity contribution is 5.76. The largest absolute Gasteiger partial charge is 0.369 e. The van der Waals surface area contributed by atoms with Crippen LogP contribution in [-0.2, 0) is 11.3 Å². The minimum atomic E-state index is -0.227. The molecule has 1 aromatic carbocycles. The van der Waals surface area contributed by atoms with E-state index in [1.807, 2.05) is 6.92 Å². The van der Waals surface area contributed by atoms with Crippen molar-refractivity contribution >= 4 is 5.91 Å². The second-order valence-corrected chi connectivity index (χ2v) is 5.77. The molecule has 2 rings (SSSR count). The number of nitrogens with zero attached hydrogens (tertiary/aromatic N) is 1. The normalized spacial score (nSPS) is 21.6. The van der Waals surface area contributed by atoms with E-state index in [1.165, 1.54) is 18.4 Å². The molecule has 2 atom stereocenters. The van der Waals surface area contributed by atoms with Gasteiger partial charge in [-0.05, 0) is 24.9 Å². The van der Waals surface area contributed by atoms with Crippen LogP contribution in [0.1, 0.15) is 25.3 Å². The minimum Gasteiger partial charge on any atom is -0.369 e. The molecule has 0 bridgehead atoms. The van der Waals surface area contributed by atoms with Gasteiger partial charge in [-0.2, -0.15) is 0 Å². The topological polar surface area (TPSA) is 58.4 Å². The van der Waals surface area contributed by atoms with Crippen LogP contribution >= 0.6 is 0 Å². The Morgan fingerprint density at radius 2 is 2.20 bits per heavy atom. The Hall–Kier alpha value is -1.39. The van der Waals surface area contributed by atoms with Crippen molar-refractivity contribution in [1.82, 2.24) is 10.2 Å².